The number of nitrogens with zero attached hydrogens (tertiary/aromatic N) is 2. The second-order valence-electron chi connectivity index (χ2n) is 6.84. The van der Waals surface area contributed by atoms with E-state index in [9.17, 15) is 9.90 Å². The first-order valence-electron chi connectivity index (χ1n) is 8.91. The summed E-state index contributed by atoms with van der Waals surface area (Å²) in [4.78, 5) is 20.5. The highest BCUT2D eigenvalue weighted by Crippen LogP contribution is 2.38. The van der Waals surface area contributed by atoms with Crippen LogP contribution in [0.15, 0.2) is 36.5 Å². The average Bonchev–Trinajstić information content (AvgIpc) is 3.07. The summed E-state index contributed by atoms with van der Waals surface area (Å²) in [5.41, 5.74) is 1.81. The number of aromatic nitrogens is 1. The molecule has 2 aromatic heterocycles. The number of rotatable bonds is 4. The summed E-state index contributed by atoms with van der Waals surface area (Å²) in [5, 5.41) is 18.0. The molecule has 0 bridgehead atoms. The maximum Gasteiger partial charge on any atom is 0.259 e. The lowest BCUT2D eigenvalue weighted by Gasteiger charge is -2.21. The number of carbonyl (C=O) groups excluding carboxylic acids is 1. The summed E-state index contributed by atoms with van der Waals surface area (Å²) >= 11 is 13.5. The molecule has 0 aliphatic carbocycles. The van der Waals surface area contributed by atoms with Gasteiger partial charge in [-0.15, -0.1) is 11.3 Å². The molecule has 1 aliphatic heterocycles. The van der Waals surface area contributed by atoms with E-state index in [1.807, 2.05) is 0 Å². The fourth-order valence-corrected chi connectivity index (χ4v) is 4.69. The van der Waals surface area contributed by atoms with E-state index in [0.29, 0.717) is 16.5 Å². The molecule has 0 radical (unpaired) electrons. The van der Waals surface area contributed by atoms with Gasteiger partial charge in [-0.25, -0.2) is 4.98 Å². The third-order valence-corrected chi connectivity index (χ3v) is 6.14. The Morgan fingerprint density at radius 1 is 1.24 bits per heavy atom. The molecule has 9 heteroatoms. The molecular formula is C20H18Cl2N4O2S. The van der Waals surface area contributed by atoms with E-state index in [1.165, 1.54) is 28.8 Å². The van der Waals surface area contributed by atoms with Gasteiger partial charge >= 0.3 is 0 Å². The van der Waals surface area contributed by atoms with Gasteiger partial charge in [0.05, 0.1) is 21.3 Å². The number of aromatic hydroxyl groups is 1. The van der Waals surface area contributed by atoms with E-state index < -0.39 is 5.91 Å². The zero-order valence-electron chi connectivity index (χ0n) is 15.5. The van der Waals surface area contributed by atoms with Crippen molar-refractivity contribution in [2.45, 2.75) is 13.0 Å². The number of nitrogens with one attached hydrogen (secondary N) is 2. The highest BCUT2D eigenvalue weighted by molar-refractivity contribution is 7.16. The van der Waals surface area contributed by atoms with Crippen LogP contribution in [-0.4, -0.2) is 34.5 Å². The van der Waals surface area contributed by atoms with Crippen LogP contribution in [0.5, 0.6) is 5.75 Å². The Morgan fingerprint density at radius 3 is 2.83 bits per heavy atom. The van der Waals surface area contributed by atoms with Crippen LogP contribution in [-0.2, 0) is 13.0 Å². The van der Waals surface area contributed by atoms with Crippen molar-refractivity contribution in [2.24, 2.45) is 0 Å². The molecule has 3 aromatic rings. The number of pyridine rings is 1. The first-order valence-corrected chi connectivity index (χ1v) is 10.5. The van der Waals surface area contributed by atoms with Crippen molar-refractivity contribution in [2.75, 3.05) is 24.2 Å². The lowest BCUT2D eigenvalue weighted by Crippen LogP contribution is -2.24. The molecule has 1 aliphatic rings. The molecule has 150 valence electrons. The Hall–Kier alpha value is -2.32. The van der Waals surface area contributed by atoms with E-state index in [1.54, 1.807) is 23.5 Å². The summed E-state index contributed by atoms with van der Waals surface area (Å²) in [6, 6.07) is 8.22. The van der Waals surface area contributed by atoms with Gasteiger partial charge in [-0.05, 0) is 43.3 Å². The van der Waals surface area contributed by atoms with Crippen LogP contribution in [0.4, 0.5) is 16.5 Å². The van der Waals surface area contributed by atoms with Gasteiger partial charge in [0.25, 0.3) is 5.91 Å². The zero-order chi connectivity index (χ0) is 20.5. The van der Waals surface area contributed by atoms with E-state index in [-0.39, 0.29) is 16.3 Å². The Kier molecular flexibility index (Phi) is 5.65. The molecular weight excluding hydrogens is 431 g/mol. The molecule has 1 amide bonds. The molecule has 29 heavy (non-hydrogen) atoms. The summed E-state index contributed by atoms with van der Waals surface area (Å²) in [5.74, 6) is -0.198. The second-order valence-corrected chi connectivity index (χ2v) is 8.84. The minimum Gasteiger partial charge on any atom is -0.506 e. The first-order chi connectivity index (χ1) is 13.9. The smallest absolute Gasteiger partial charge is 0.259 e. The van der Waals surface area contributed by atoms with Crippen molar-refractivity contribution in [3.63, 3.8) is 0 Å². The number of likely N-dealkylation sites (N-methyl/N-ethyl adjacent to an activating group) is 1. The molecule has 3 heterocycles. The zero-order valence-corrected chi connectivity index (χ0v) is 17.8. The van der Waals surface area contributed by atoms with Crippen molar-refractivity contribution in [1.29, 1.82) is 0 Å². The molecule has 0 atom stereocenters. The van der Waals surface area contributed by atoms with Crippen molar-refractivity contribution < 1.29 is 9.90 Å². The summed E-state index contributed by atoms with van der Waals surface area (Å²) in [6.07, 6.45) is 2.42. The lowest BCUT2D eigenvalue weighted by molar-refractivity contribution is 0.102. The van der Waals surface area contributed by atoms with Gasteiger partial charge in [-0.3, -0.25) is 4.79 Å². The molecule has 1 aromatic carbocycles. The van der Waals surface area contributed by atoms with Crippen LogP contribution < -0.4 is 10.6 Å². The second kappa shape index (κ2) is 8.20. The SMILES string of the molecule is CN1CCc2cc(Nc3c(O)cc(Cl)cc3C(=O)Nc3ccc(Cl)cn3)sc2C1. The fourth-order valence-electron chi connectivity index (χ4n) is 3.17. The number of amides is 1. The van der Waals surface area contributed by atoms with Gasteiger partial charge < -0.3 is 20.6 Å². The topological polar surface area (TPSA) is 77.5 Å². The van der Waals surface area contributed by atoms with Crippen LogP contribution in [0, 0.1) is 0 Å². The maximum atomic E-state index is 12.9. The molecule has 0 saturated heterocycles. The monoisotopic (exact) mass is 448 g/mol. The largest absolute Gasteiger partial charge is 0.506 e. The molecule has 3 N–H and O–H groups in total. The predicted octanol–water partition coefficient (Wildman–Crippen LogP) is 5.14. The van der Waals surface area contributed by atoms with E-state index >= 15 is 0 Å². The number of thiophene rings is 1. The third kappa shape index (κ3) is 4.48. The van der Waals surface area contributed by atoms with E-state index in [4.69, 9.17) is 23.2 Å². The number of phenolic OH excluding ortho intramolecular Hbond substituents is 1. The molecule has 0 unspecified atom stereocenters. The Labute approximate surface area is 182 Å². The fraction of sp³-hybridized carbons (Fsp3) is 0.200. The quantitative estimate of drug-likeness (QED) is 0.481. The van der Waals surface area contributed by atoms with Gasteiger partial charge in [-0.2, -0.15) is 0 Å². The minimum atomic E-state index is -0.443. The molecule has 6 nitrogen and oxygen atoms in total. The number of hydrogen-bond acceptors (Lipinski definition) is 6. The van der Waals surface area contributed by atoms with Gasteiger partial charge in [-0.1, -0.05) is 23.2 Å². The number of fused-ring (bicyclic) bond motifs is 1. The number of halogens is 2. The number of anilines is 3. The number of phenols is 1. The van der Waals surface area contributed by atoms with Crippen molar-refractivity contribution >= 4 is 57.0 Å². The van der Waals surface area contributed by atoms with Crippen LogP contribution in [0.3, 0.4) is 0 Å². The highest BCUT2D eigenvalue weighted by Gasteiger charge is 2.21. The minimum absolute atomic E-state index is 0.102. The van der Waals surface area contributed by atoms with Crippen LogP contribution >= 0.6 is 34.5 Å². The summed E-state index contributed by atoms with van der Waals surface area (Å²) < 4.78 is 0. The predicted molar refractivity (Wildman–Crippen MR) is 118 cm³/mol. The molecule has 0 fully saturated rings. The average molecular weight is 449 g/mol. The lowest BCUT2D eigenvalue weighted by atomic mass is 10.1. The van der Waals surface area contributed by atoms with Gasteiger partial charge in [0.1, 0.15) is 11.6 Å². The van der Waals surface area contributed by atoms with Crippen molar-refractivity contribution in [1.82, 2.24) is 9.88 Å². The third-order valence-electron chi connectivity index (χ3n) is 4.62. The van der Waals surface area contributed by atoms with Crippen LogP contribution in [0.1, 0.15) is 20.8 Å². The molecule has 0 spiro atoms. The number of hydrogen-bond donors (Lipinski definition) is 3. The summed E-state index contributed by atoms with van der Waals surface area (Å²) in [7, 11) is 2.09. The molecule has 4 rings (SSSR count). The highest BCUT2D eigenvalue weighted by atomic mass is 35.5. The van der Waals surface area contributed by atoms with Crippen LogP contribution in [0.25, 0.3) is 0 Å². The Morgan fingerprint density at radius 2 is 2.07 bits per heavy atom. The Bertz CT molecular complexity index is 1070. The maximum absolute atomic E-state index is 12.9. The van der Waals surface area contributed by atoms with E-state index in [0.717, 1.165) is 24.5 Å². The Balaban J connectivity index is 1.63. The van der Waals surface area contributed by atoms with Gasteiger partial charge in [0.15, 0.2) is 0 Å². The standard InChI is InChI=1S/C20H18Cl2N4O2S/c1-26-5-4-11-6-18(29-16(11)10-26)25-19-14(7-13(22)8-15(19)27)20(28)24-17-3-2-12(21)9-23-17/h2-3,6-9,25,27H,4-5,10H2,1H3,(H,23,24,28). The number of carbonyl (C=O) groups is 1. The summed E-state index contributed by atoms with van der Waals surface area (Å²) in [6.45, 7) is 1.90. The van der Waals surface area contributed by atoms with E-state index in [2.05, 4.69) is 33.6 Å². The van der Waals surface area contributed by atoms with Crippen molar-refractivity contribution in [3.8, 4) is 5.75 Å². The van der Waals surface area contributed by atoms with Gasteiger partial charge in [0, 0.05) is 35.3 Å². The van der Waals surface area contributed by atoms with Gasteiger partial charge in [0.2, 0.25) is 0 Å². The molecule has 0 saturated carbocycles. The first kappa shape index (κ1) is 20.0. The van der Waals surface area contributed by atoms with Crippen molar-refractivity contribution in [3.05, 3.63) is 62.6 Å². The normalized spacial score (nSPS) is 13.8. The number of benzene rings is 1. The van der Waals surface area contributed by atoms with Crippen LogP contribution in [0.2, 0.25) is 10.0 Å².